The van der Waals surface area contributed by atoms with Gasteiger partial charge in [0.05, 0.1) is 6.20 Å². The number of oxazole rings is 1. The minimum Gasteiger partial charge on any atom is -0.446 e. The Kier molecular flexibility index (Phi) is 2.20. The number of hydrogen-bond donors (Lipinski definition) is 1. The smallest absolute Gasteiger partial charge is 0.194 e. The Balaban J connectivity index is 2.49. The summed E-state index contributed by atoms with van der Waals surface area (Å²) in [5.74, 6) is 1.56. The third-order valence-corrected chi connectivity index (χ3v) is 1.17. The van der Waals surface area contributed by atoms with Gasteiger partial charge in [-0.05, 0) is 19.6 Å². The molecule has 3 heteroatoms. The second-order valence-corrected chi connectivity index (χ2v) is 2.11. The van der Waals surface area contributed by atoms with Gasteiger partial charge in [-0.3, -0.25) is 0 Å². The first kappa shape index (κ1) is 6.99. The van der Waals surface area contributed by atoms with Crippen molar-refractivity contribution in [3.8, 4) is 0 Å². The molecule has 0 aromatic carbocycles. The van der Waals surface area contributed by atoms with Crippen molar-refractivity contribution in [2.24, 2.45) is 0 Å². The summed E-state index contributed by atoms with van der Waals surface area (Å²) < 4.78 is 5.17. The van der Waals surface area contributed by atoms with E-state index in [0.717, 1.165) is 18.1 Å². The van der Waals surface area contributed by atoms with Gasteiger partial charge in [0.15, 0.2) is 5.89 Å². The molecule has 0 aliphatic rings. The second kappa shape index (κ2) is 3.15. The van der Waals surface area contributed by atoms with Gasteiger partial charge >= 0.3 is 0 Å². The second-order valence-electron chi connectivity index (χ2n) is 2.11. The highest BCUT2D eigenvalue weighted by Crippen LogP contribution is 2.02. The van der Waals surface area contributed by atoms with Gasteiger partial charge in [0.25, 0.3) is 0 Å². The molecule has 54 valence electrons. The van der Waals surface area contributed by atoms with Crippen LogP contribution in [0, 0.1) is 12.3 Å². The van der Waals surface area contributed by atoms with Crippen LogP contribution in [0.4, 0.5) is 0 Å². The topological polar surface area (TPSA) is 49.9 Å². The van der Waals surface area contributed by atoms with E-state index in [4.69, 9.17) is 9.83 Å². The lowest BCUT2D eigenvalue weighted by molar-refractivity contribution is 0.473. The highest BCUT2D eigenvalue weighted by molar-refractivity contribution is 5.52. The molecule has 1 rings (SSSR count). The molecule has 0 saturated heterocycles. The molecule has 1 N–H and O–H groups in total. The van der Waals surface area contributed by atoms with Crippen LogP contribution in [-0.4, -0.2) is 11.2 Å². The molecule has 0 fully saturated rings. The molecule has 10 heavy (non-hydrogen) atoms. The highest BCUT2D eigenvalue weighted by atomic mass is 16.3. The van der Waals surface area contributed by atoms with Crippen molar-refractivity contribution in [3.63, 3.8) is 0 Å². The summed E-state index contributed by atoms with van der Waals surface area (Å²) in [4.78, 5) is 3.98. The maximum absolute atomic E-state index is 6.76. The van der Waals surface area contributed by atoms with Crippen LogP contribution in [0.15, 0.2) is 10.6 Å². The van der Waals surface area contributed by atoms with Gasteiger partial charge in [-0.25, -0.2) is 4.98 Å². The fourth-order valence-corrected chi connectivity index (χ4v) is 0.713. The van der Waals surface area contributed by atoms with E-state index in [-0.39, 0.29) is 0 Å². The van der Waals surface area contributed by atoms with Crippen molar-refractivity contribution in [1.29, 1.82) is 5.41 Å². The molecule has 0 spiro atoms. The molecule has 0 radical (unpaired) electrons. The molecule has 1 heterocycles. The number of nitrogens with one attached hydrogen (secondary N) is 1. The number of hydrogen-bond acceptors (Lipinski definition) is 3. The fourth-order valence-electron chi connectivity index (χ4n) is 0.713. The van der Waals surface area contributed by atoms with Gasteiger partial charge in [0.2, 0.25) is 0 Å². The average molecular weight is 138 g/mol. The Bertz CT molecular complexity index is 217. The average Bonchev–Trinajstić information content (AvgIpc) is 2.31. The van der Waals surface area contributed by atoms with Crippen molar-refractivity contribution in [1.82, 2.24) is 4.98 Å². The summed E-state index contributed by atoms with van der Waals surface area (Å²) in [7, 11) is 0. The first-order valence-corrected chi connectivity index (χ1v) is 3.23. The van der Waals surface area contributed by atoms with Crippen LogP contribution in [-0.2, 0) is 6.42 Å². The Morgan fingerprint density at radius 2 is 2.60 bits per heavy atom. The van der Waals surface area contributed by atoms with Crippen LogP contribution < -0.4 is 0 Å². The number of aryl methyl sites for hydroxylation is 2. The third kappa shape index (κ3) is 1.69. The normalized spacial score (nSPS) is 9.70. The van der Waals surface area contributed by atoms with Crippen molar-refractivity contribution in [2.75, 3.05) is 0 Å². The molecule has 0 unspecified atom stereocenters. The van der Waals surface area contributed by atoms with Crippen molar-refractivity contribution < 1.29 is 4.42 Å². The van der Waals surface area contributed by atoms with Crippen LogP contribution in [0.3, 0.4) is 0 Å². The lowest BCUT2D eigenvalue weighted by atomic mass is 10.3. The molecule has 3 nitrogen and oxygen atoms in total. The van der Waals surface area contributed by atoms with E-state index < -0.39 is 0 Å². The van der Waals surface area contributed by atoms with Crippen LogP contribution in [0.5, 0.6) is 0 Å². The summed E-state index contributed by atoms with van der Waals surface area (Å²) in [6.07, 6.45) is 4.50. The zero-order chi connectivity index (χ0) is 7.40. The molecule has 1 aromatic rings. The largest absolute Gasteiger partial charge is 0.446 e. The predicted octanol–water partition coefficient (Wildman–Crippen LogP) is 1.57. The lowest BCUT2D eigenvalue weighted by Crippen LogP contribution is -1.83. The minimum atomic E-state index is 0.708. The SMILES string of the molecule is Cc1cnc(CCC=N)o1. The number of rotatable bonds is 3. The predicted molar refractivity (Wildman–Crippen MR) is 38.3 cm³/mol. The van der Waals surface area contributed by atoms with Gasteiger partial charge in [-0.15, -0.1) is 0 Å². The van der Waals surface area contributed by atoms with Gasteiger partial charge in [0, 0.05) is 6.42 Å². The maximum Gasteiger partial charge on any atom is 0.194 e. The summed E-state index contributed by atoms with van der Waals surface area (Å²) in [5, 5.41) is 6.76. The highest BCUT2D eigenvalue weighted by Gasteiger charge is 1.96. The quantitative estimate of drug-likeness (QED) is 0.644. The standard InChI is InChI=1S/C7H10N2O/c1-6-5-9-7(10-6)3-2-4-8/h4-5,8H,2-3H2,1H3. The zero-order valence-electron chi connectivity index (χ0n) is 5.92. The van der Waals surface area contributed by atoms with E-state index in [1.165, 1.54) is 6.21 Å². The molecule has 0 atom stereocenters. The van der Waals surface area contributed by atoms with Crippen molar-refractivity contribution in [3.05, 3.63) is 17.8 Å². The fraction of sp³-hybridized carbons (Fsp3) is 0.429. The molecule has 1 aromatic heterocycles. The lowest BCUT2D eigenvalue weighted by Gasteiger charge is -1.86. The molecule has 0 amide bonds. The number of aromatic nitrogens is 1. The third-order valence-electron chi connectivity index (χ3n) is 1.17. The van der Waals surface area contributed by atoms with Gasteiger partial charge in [-0.1, -0.05) is 0 Å². The first-order chi connectivity index (χ1) is 4.83. The van der Waals surface area contributed by atoms with E-state index in [0.29, 0.717) is 6.42 Å². The van der Waals surface area contributed by atoms with E-state index in [1.807, 2.05) is 6.92 Å². The molecule has 0 bridgehead atoms. The molecular weight excluding hydrogens is 128 g/mol. The first-order valence-electron chi connectivity index (χ1n) is 3.23. The Labute approximate surface area is 59.6 Å². The summed E-state index contributed by atoms with van der Waals surface area (Å²) in [6.45, 7) is 1.86. The maximum atomic E-state index is 6.76. The molecule has 0 saturated carbocycles. The van der Waals surface area contributed by atoms with Crippen LogP contribution >= 0.6 is 0 Å². The van der Waals surface area contributed by atoms with Gasteiger partial charge in [0.1, 0.15) is 5.76 Å². The molecule has 0 aliphatic heterocycles. The summed E-state index contributed by atoms with van der Waals surface area (Å²) in [5.41, 5.74) is 0. The monoisotopic (exact) mass is 138 g/mol. The Hall–Kier alpha value is -1.12. The van der Waals surface area contributed by atoms with E-state index >= 15 is 0 Å². The van der Waals surface area contributed by atoms with E-state index in [2.05, 4.69) is 4.98 Å². The number of nitrogens with zero attached hydrogens (tertiary/aromatic N) is 1. The van der Waals surface area contributed by atoms with Gasteiger partial charge < -0.3 is 9.83 Å². The van der Waals surface area contributed by atoms with Crippen LogP contribution in [0.2, 0.25) is 0 Å². The van der Waals surface area contributed by atoms with Gasteiger partial charge in [-0.2, -0.15) is 0 Å². The minimum absolute atomic E-state index is 0.708. The summed E-state index contributed by atoms with van der Waals surface area (Å²) in [6, 6.07) is 0. The van der Waals surface area contributed by atoms with E-state index in [9.17, 15) is 0 Å². The van der Waals surface area contributed by atoms with Crippen molar-refractivity contribution in [2.45, 2.75) is 19.8 Å². The van der Waals surface area contributed by atoms with Crippen LogP contribution in [0.25, 0.3) is 0 Å². The van der Waals surface area contributed by atoms with Crippen LogP contribution in [0.1, 0.15) is 18.1 Å². The summed E-state index contributed by atoms with van der Waals surface area (Å²) >= 11 is 0. The van der Waals surface area contributed by atoms with Crippen molar-refractivity contribution >= 4 is 6.21 Å². The zero-order valence-corrected chi connectivity index (χ0v) is 5.92. The molecular formula is C7H10N2O. The Morgan fingerprint density at radius 1 is 1.80 bits per heavy atom. The Morgan fingerprint density at radius 3 is 3.10 bits per heavy atom. The van der Waals surface area contributed by atoms with E-state index in [1.54, 1.807) is 6.20 Å². The molecule has 0 aliphatic carbocycles.